The molecule has 1 heterocycles. The van der Waals surface area contributed by atoms with E-state index in [2.05, 4.69) is 0 Å². The molecule has 2 N–H and O–H groups in total. The van der Waals surface area contributed by atoms with E-state index < -0.39 is 29.5 Å². The zero-order valence-corrected chi connectivity index (χ0v) is 21.1. The fraction of sp³-hybridized carbons (Fsp3) is 0.207. The van der Waals surface area contributed by atoms with Gasteiger partial charge in [0.1, 0.15) is 28.6 Å². The van der Waals surface area contributed by atoms with E-state index in [0.29, 0.717) is 16.7 Å². The lowest BCUT2D eigenvalue weighted by Gasteiger charge is -2.26. The average Bonchev–Trinajstić information content (AvgIpc) is 3.18. The van der Waals surface area contributed by atoms with E-state index in [0.717, 1.165) is 0 Å². The van der Waals surface area contributed by atoms with Crippen molar-refractivity contribution >= 4 is 23.4 Å². The van der Waals surface area contributed by atoms with E-state index in [1.54, 1.807) is 61.5 Å². The van der Waals surface area contributed by atoms with Gasteiger partial charge in [0, 0.05) is 6.54 Å². The van der Waals surface area contributed by atoms with E-state index >= 15 is 0 Å². The van der Waals surface area contributed by atoms with Gasteiger partial charge in [-0.3, -0.25) is 9.59 Å². The van der Waals surface area contributed by atoms with Crippen LogP contribution in [0.25, 0.3) is 5.76 Å². The SMILES string of the molecule is CCOC(=O)c1ccc(CN2C(=O)C(=O)/C(=C(/O)c3c(OC)cccc3OC)C2c2ccc(O)cc2)cc1. The molecule has 0 saturated carbocycles. The largest absolute Gasteiger partial charge is 0.508 e. The van der Waals surface area contributed by atoms with Crippen LogP contribution in [-0.2, 0) is 20.9 Å². The molecule has 0 bridgehead atoms. The lowest BCUT2D eigenvalue weighted by molar-refractivity contribution is -0.140. The van der Waals surface area contributed by atoms with Crippen LogP contribution in [0, 0.1) is 0 Å². The van der Waals surface area contributed by atoms with Crippen molar-refractivity contribution in [3.63, 3.8) is 0 Å². The van der Waals surface area contributed by atoms with Crippen LogP contribution < -0.4 is 9.47 Å². The number of aliphatic hydroxyl groups is 1. The highest BCUT2D eigenvalue weighted by Gasteiger charge is 2.46. The van der Waals surface area contributed by atoms with Crippen molar-refractivity contribution in [1.82, 2.24) is 4.90 Å². The molecular weight excluding hydrogens is 490 g/mol. The van der Waals surface area contributed by atoms with Gasteiger partial charge in [-0.25, -0.2) is 4.79 Å². The number of methoxy groups -OCH3 is 2. The summed E-state index contributed by atoms with van der Waals surface area (Å²) >= 11 is 0. The highest BCUT2D eigenvalue weighted by atomic mass is 16.5. The molecule has 9 heteroatoms. The van der Waals surface area contributed by atoms with E-state index in [4.69, 9.17) is 14.2 Å². The Balaban J connectivity index is 1.83. The molecule has 3 aromatic carbocycles. The maximum absolute atomic E-state index is 13.4. The number of rotatable bonds is 8. The predicted molar refractivity (Wildman–Crippen MR) is 138 cm³/mol. The van der Waals surface area contributed by atoms with Crippen molar-refractivity contribution in [3.05, 3.63) is 94.6 Å². The number of amides is 1. The number of Topliss-reactive ketones (excluding diaryl/α,β-unsaturated/α-hetero) is 1. The minimum Gasteiger partial charge on any atom is -0.508 e. The standard InChI is InChI=1S/C29H27NO8/c1-4-38-29(35)19-10-8-17(9-11-19)16-30-25(18-12-14-20(31)15-13-18)24(27(33)28(30)34)26(32)23-21(36-2)6-5-7-22(23)37-3/h5-15,25,31-32H,4,16H2,1-3H3/b26-24+. The number of aliphatic hydroxyl groups excluding tert-OH is 1. The number of benzene rings is 3. The normalized spacial score (nSPS) is 16.4. The average molecular weight is 518 g/mol. The summed E-state index contributed by atoms with van der Waals surface area (Å²) in [6.07, 6.45) is 0. The topological polar surface area (TPSA) is 123 Å². The lowest BCUT2D eigenvalue weighted by atomic mass is 9.94. The number of esters is 1. The minimum absolute atomic E-state index is 0.00616. The van der Waals surface area contributed by atoms with Gasteiger partial charge in [0.15, 0.2) is 0 Å². The Morgan fingerprint density at radius 2 is 1.53 bits per heavy atom. The van der Waals surface area contributed by atoms with Crippen molar-refractivity contribution in [3.8, 4) is 17.2 Å². The summed E-state index contributed by atoms with van der Waals surface area (Å²) in [7, 11) is 2.84. The smallest absolute Gasteiger partial charge is 0.338 e. The van der Waals surface area contributed by atoms with Gasteiger partial charge in [0.05, 0.1) is 38.0 Å². The van der Waals surface area contributed by atoms with Gasteiger partial charge in [0.25, 0.3) is 11.7 Å². The molecule has 1 aliphatic rings. The third-order valence-electron chi connectivity index (χ3n) is 6.23. The first kappa shape index (κ1) is 26.3. The Hall–Kier alpha value is -4.79. The number of carbonyl (C=O) groups is 3. The number of ether oxygens (including phenoxy) is 3. The van der Waals surface area contributed by atoms with E-state index in [1.807, 2.05) is 0 Å². The maximum Gasteiger partial charge on any atom is 0.338 e. The highest BCUT2D eigenvalue weighted by Crippen LogP contribution is 2.44. The van der Waals surface area contributed by atoms with Gasteiger partial charge in [-0.15, -0.1) is 0 Å². The molecule has 0 spiro atoms. The number of ketones is 1. The monoisotopic (exact) mass is 517 g/mol. The summed E-state index contributed by atoms with van der Waals surface area (Å²) in [5.41, 5.74) is 1.50. The zero-order valence-electron chi connectivity index (χ0n) is 21.1. The van der Waals surface area contributed by atoms with E-state index in [9.17, 15) is 24.6 Å². The number of likely N-dealkylation sites (tertiary alicyclic amines) is 1. The van der Waals surface area contributed by atoms with Crippen LogP contribution in [0.1, 0.15) is 40.0 Å². The number of carbonyl (C=O) groups excluding carboxylic acids is 3. The van der Waals surface area contributed by atoms with Gasteiger partial charge in [-0.1, -0.05) is 30.3 Å². The molecule has 1 atom stereocenters. The van der Waals surface area contributed by atoms with Crippen LogP contribution in [0.2, 0.25) is 0 Å². The molecule has 3 aromatic rings. The molecule has 196 valence electrons. The van der Waals surface area contributed by atoms with Crippen LogP contribution in [0.15, 0.2) is 72.3 Å². The maximum atomic E-state index is 13.4. The quantitative estimate of drug-likeness (QED) is 0.197. The molecule has 0 radical (unpaired) electrons. The van der Waals surface area contributed by atoms with Crippen LogP contribution in [-0.4, -0.2) is 53.6 Å². The molecular formula is C29H27NO8. The molecule has 0 aliphatic carbocycles. The van der Waals surface area contributed by atoms with Crippen molar-refractivity contribution < 1.29 is 38.8 Å². The van der Waals surface area contributed by atoms with Crippen LogP contribution in [0.5, 0.6) is 17.2 Å². The molecule has 1 aliphatic heterocycles. The molecule has 0 aromatic heterocycles. The Morgan fingerprint density at radius 3 is 2.08 bits per heavy atom. The second kappa shape index (κ2) is 11.1. The number of phenolic OH excluding ortho intramolecular Hbond substituents is 1. The number of nitrogens with zero attached hydrogens (tertiary/aromatic N) is 1. The van der Waals surface area contributed by atoms with E-state index in [-0.39, 0.29) is 41.5 Å². The Bertz CT molecular complexity index is 1370. The Morgan fingerprint density at radius 1 is 0.921 bits per heavy atom. The molecule has 1 amide bonds. The third-order valence-corrected chi connectivity index (χ3v) is 6.23. The van der Waals surface area contributed by atoms with Gasteiger partial charge in [-0.05, 0) is 54.4 Å². The van der Waals surface area contributed by atoms with Crippen LogP contribution in [0.3, 0.4) is 0 Å². The Labute approximate surface area is 219 Å². The summed E-state index contributed by atoms with van der Waals surface area (Å²) < 4.78 is 15.8. The summed E-state index contributed by atoms with van der Waals surface area (Å²) in [6.45, 7) is 1.97. The highest BCUT2D eigenvalue weighted by molar-refractivity contribution is 6.46. The van der Waals surface area contributed by atoms with Crippen LogP contribution >= 0.6 is 0 Å². The summed E-state index contributed by atoms with van der Waals surface area (Å²) in [6, 6.07) is 16.4. The summed E-state index contributed by atoms with van der Waals surface area (Å²) in [5, 5.41) is 21.3. The van der Waals surface area contributed by atoms with Gasteiger partial charge >= 0.3 is 5.97 Å². The van der Waals surface area contributed by atoms with Crippen LogP contribution in [0.4, 0.5) is 0 Å². The summed E-state index contributed by atoms with van der Waals surface area (Å²) in [4.78, 5) is 40.1. The minimum atomic E-state index is -0.977. The molecule has 38 heavy (non-hydrogen) atoms. The second-order valence-corrected chi connectivity index (χ2v) is 8.47. The Kier molecular flexibility index (Phi) is 7.66. The third kappa shape index (κ3) is 4.90. The first-order valence-electron chi connectivity index (χ1n) is 11.8. The number of hydrogen-bond acceptors (Lipinski definition) is 8. The van der Waals surface area contributed by atoms with E-state index in [1.165, 1.54) is 31.3 Å². The molecule has 1 unspecified atom stereocenters. The van der Waals surface area contributed by atoms with Gasteiger partial charge < -0.3 is 29.3 Å². The van der Waals surface area contributed by atoms with Gasteiger partial charge in [-0.2, -0.15) is 0 Å². The molecule has 9 nitrogen and oxygen atoms in total. The van der Waals surface area contributed by atoms with Crippen molar-refractivity contribution in [2.75, 3.05) is 20.8 Å². The summed E-state index contributed by atoms with van der Waals surface area (Å²) in [5.74, 6) is -2.08. The van der Waals surface area contributed by atoms with Crippen molar-refractivity contribution in [2.45, 2.75) is 19.5 Å². The number of phenols is 1. The number of aromatic hydroxyl groups is 1. The van der Waals surface area contributed by atoms with Crippen molar-refractivity contribution in [1.29, 1.82) is 0 Å². The molecule has 4 rings (SSSR count). The molecule has 1 fully saturated rings. The molecule has 1 saturated heterocycles. The first-order chi connectivity index (χ1) is 18.3. The number of hydrogen-bond donors (Lipinski definition) is 2. The fourth-order valence-electron chi connectivity index (χ4n) is 4.42. The van der Waals surface area contributed by atoms with Crippen molar-refractivity contribution in [2.24, 2.45) is 0 Å². The lowest BCUT2D eigenvalue weighted by Crippen LogP contribution is -2.29. The fourth-order valence-corrected chi connectivity index (χ4v) is 4.42. The van der Waals surface area contributed by atoms with Gasteiger partial charge in [0.2, 0.25) is 0 Å². The first-order valence-corrected chi connectivity index (χ1v) is 11.8. The zero-order chi connectivity index (χ0) is 27.4. The second-order valence-electron chi connectivity index (χ2n) is 8.47. The predicted octanol–water partition coefficient (Wildman–Crippen LogP) is 4.21.